The molecule has 0 fully saturated rings. The molecule has 0 aliphatic rings. The fourth-order valence-corrected chi connectivity index (χ4v) is 2.61. The van der Waals surface area contributed by atoms with Crippen molar-refractivity contribution in [1.82, 2.24) is 4.98 Å². The van der Waals surface area contributed by atoms with Gasteiger partial charge in [0.15, 0.2) is 0 Å². The Kier molecular flexibility index (Phi) is 4.56. The van der Waals surface area contributed by atoms with E-state index < -0.39 is 6.10 Å². The van der Waals surface area contributed by atoms with Crippen molar-refractivity contribution in [3.8, 4) is 0 Å². The van der Waals surface area contributed by atoms with Crippen LogP contribution in [-0.4, -0.2) is 15.8 Å². The molecule has 0 aliphatic heterocycles. The molecule has 0 radical (unpaired) electrons. The summed E-state index contributed by atoms with van der Waals surface area (Å²) in [6.45, 7) is 3.79. The highest BCUT2D eigenvalue weighted by atomic mass is 32.2. The molecular formula is C15H16FNOS. The minimum absolute atomic E-state index is 0.277. The first-order valence-corrected chi connectivity index (χ1v) is 7.04. The molecule has 0 saturated carbocycles. The van der Waals surface area contributed by atoms with Crippen LogP contribution in [0.2, 0.25) is 0 Å². The highest BCUT2D eigenvalue weighted by Gasteiger charge is 2.11. The van der Waals surface area contributed by atoms with Crippen molar-refractivity contribution in [2.45, 2.75) is 25.0 Å². The third kappa shape index (κ3) is 3.78. The first-order valence-electron chi connectivity index (χ1n) is 6.06. The predicted molar refractivity (Wildman–Crippen MR) is 75.8 cm³/mol. The van der Waals surface area contributed by atoms with Gasteiger partial charge in [0.05, 0.1) is 11.1 Å². The van der Waals surface area contributed by atoms with Gasteiger partial charge in [0.25, 0.3) is 0 Å². The first-order chi connectivity index (χ1) is 9.06. The number of aliphatic hydroxyl groups excluding tert-OH is 1. The van der Waals surface area contributed by atoms with Crippen LogP contribution in [0.4, 0.5) is 4.39 Å². The summed E-state index contributed by atoms with van der Waals surface area (Å²) in [5, 5.41) is 11.0. The van der Waals surface area contributed by atoms with Gasteiger partial charge < -0.3 is 5.11 Å². The van der Waals surface area contributed by atoms with Gasteiger partial charge in [-0.1, -0.05) is 12.1 Å². The summed E-state index contributed by atoms with van der Waals surface area (Å²) in [7, 11) is 0. The van der Waals surface area contributed by atoms with Crippen molar-refractivity contribution in [3.63, 3.8) is 0 Å². The number of benzene rings is 1. The highest BCUT2D eigenvalue weighted by molar-refractivity contribution is 7.99. The lowest BCUT2D eigenvalue weighted by Gasteiger charge is -2.13. The number of aromatic nitrogens is 1. The molecule has 1 unspecified atom stereocenters. The quantitative estimate of drug-likeness (QED) is 0.866. The Hall–Kier alpha value is -1.39. The maximum Gasteiger partial charge on any atom is 0.123 e. The molecule has 2 rings (SSSR count). The Morgan fingerprint density at radius 2 is 2.05 bits per heavy atom. The van der Waals surface area contributed by atoms with Gasteiger partial charge in [-0.3, -0.25) is 0 Å². The molecule has 1 atom stereocenters. The molecule has 100 valence electrons. The van der Waals surface area contributed by atoms with Crippen molar-refractivity contribution in [3.05, 3.63) is 59.0 Å². The van der Waals surface area contributed by atoms with Crippen molar-refractivity contribution < 1.29 is 9.50 Å². The lowest BCUT2D eigenvalue weighted by Crippen LogP contribution is -2.03. The monoisotopic (exact) mass is 277 g/mol. The van der Waals surface area contributed by atoms with E-state index in [1.165, 1.54) is 23.9 Å². The van der Waals surface area contributed by atoms with Gasteiger partial charge in [0, 0.05) is 11.9 Å². The number of aryl methyl sites for hydroxylation is 2. The van der Waals surface area contributed by atoms with Crippen molar-refractivity contribution >= 4 is 11.8 Å². The Labute approximate surface area is 116 Å². The third-order valence-electron chi connectivity index (χ3n) is 2.86. The second-order valence-corrected chi connectivity index (χ2v) is 5.54. The van der Waals surface area contributed by atoms with Crippen LogP contribution in [-0.2, 0) is 0 Å². The molecule has 0 amide bonds. The van der Waals surface area contributed by atoms with Gasteiger partial charge >= 0.3 is 0 Å². The SMILES string of the molecule is Cc1ccc(SCC(O)c2ccc(F)cc2C)nc1. The molecule has 19 heavy (non-hydrogen) atoms. The molecule has 1 aromatic carbocycles. The second-order valence-electron chi connectivity index (χ2n) is 4.50. The maximum absolute atomic E-state index is 13.0. The number of hydrogen-bond acceptors (Lipinski definition) is 3. The number of halogens is 1. The molecule has 0 aliphatic carbocycles. The third-order valence-corrected chi connectivity index (χ3v) is 3.88. The lowest BCUT2D eigenvalue weighted by molar-refractivity contribution is 0.203. The van der Waals surface area contributed by atoms with Gasteiger partial charge in [0.1, 0.15) is 5.82 Å². The fraction of sp³-hybridized carbons (Fsp3) is 0.267. The van der Waals surface area contributed by atoms with E-state index in [0.717, 1.165) is 21.7 Å². The zero-order chi connectivity index (χ0) is 13.8. The van der Waals surface area contributed by atoms with E-state index in [0.29, 0.717) is 5.75 Å². The van der Waals surface area contributed by atoms with Gasteiger partial charge in [-0.15, -0.1) is 11.8 Å². The summed E-state index contributed by atoms with van der Waals surface area (Å²) in [5.41, 5.74) is 2.64. The normalized spacial score (nSPS) is 12.4. The fourth-order valence-electron chi connectivity index (χ4n) is 1.81. The van der Waals surface area contributed by atoms with E-state index in [9.17, 15) is 9.50 Å². The lowest BCUT2D eigenvalue weighted by atomic mass is 10.0. The van der Waals surface area contributed by atoms with Gasteiger partial charge in [-0.2, -0.15) is 0 Å². The largest absolute Gasteiger partial charge is 0.388 e. The van der Waals surface area contributed by atoms with Gasteiger partial charge in [-0.25, -0.2) is 9.37 Å². The van der Waals surface area contributed by atoms with Crippen LogP contribution < -0.4 is 0 Å². The van der Waals surface area contributed by atoms with Crippen LogP contribution in [0, 0.1) is 19.7 Å². The Bertz CT molecular complexity index is 557. The van der Waals surface area contributed by atoms with Gasteiger partial charge in [-0.05, 0) is 48.7 Å². The molecule has 4 heteroatoms. The number of hydrogen-bond donors (Lipinski definition) is 1. The van der Waals surface area contributed by atoms with Crippen LogP contribution in [0.15, 0.2) is 41.6 Å². The number of aliphatic hydroxyl groups is 1. The van der Waals surface area contributed by atoms with Crippen LogP contribution >= 0.6 is 11.8 Å². The van der Waals surface area contributed by atoms with Crippen molar-refractivity contribution in [1.29, 1.82) is 0 Å². The number of pyridine rings is 1. The van der Waals surface area contributed by atoms with E-state index in [4.69, 9.17) is 0 Å². The molecule has 1 N–H and O–H groups in total. The average Bonchev–Trinajstić information content (AvgIpc) is 2.37. The van der Waals surface area contributed by atoms with Crippen LogP contribution in [0.25, 0.3) is 0 Å². The smallest absolute Gasteiger partial charge is 0.123 e. The predicted octanol–water partition coefficient (Wildman–Crippen LogP) is 3.66. The molecule has 2 nitrogen and oxygen atoms in total. The topological polar surface area (TPSA) is 33.1 Å². The number of nitrogens with zero attached hydrogens (tertiary/aromatic N) is 1. The molecular weight excluding hydrogens is 261 g/mol. The van der Waals surface area contributed by atoms with E-state index in [-0.39, 0.29) is 5.82 Å². The second kappa shape index (κ2) is 6.17. The molecule has 1 aromatic heterocycles. The summed E-state index contributed by atoms with van der Waals surface area (Å²) in [6, 6.07) is 8.38. The van der Waals surface area contributed by atoms with E-state index >= 15 is 0 Å². The summed E-state index contributed by atoms with van der Waals surface area (Å²) < 4.78 is 13.0. The van der Waals surface area contributed by atoms with Crippen LogP contribution in [0.3, 0.4) is 0 Å². The molecule has 1 heterocycles. The average molecular weight is 277 g/mol. The summed E-state index contributed by atoms with van der Waals surface area (Å²) in [5.74, 6) is 0.226. The summed E-state index contributed by atoms with van der Waals surface area (Å²) in [6.07, 6.45) is 1.19. The first kappa shape index (κ1) is 14.0. The summed E-state index contributed by atoms with van der Waals surface area (Å²) in [4.78, 5) is 4.27. The van der Waals surface area contributed by atoms with Crippen molar-refractivity contribution in [2.24, 2.45) is 0 Å². The summed E-state index contributed by atoms with van der Waals surface area (Å²) >= 11 is 1.49. The Morgan fingerprint density at radius 1 is 1.26 bits per heavy atom. The zero-order valence-electron chi connectivity index (χ0n) is 10.9. The van der Waals surface area contributed by atoms with E-state index in [1.807, 2.05) is 19.1 Å². The van der Waals surface area contributed by atoms with Crippen LogP contribution in [0.1, 0.15) is 22.8 Å². The molecule has 2 aromatic rings. The minimum atomic E-state index is -0.617. The van der Waals surface area contributed by atoms with Crippen molar-refractivity contribution in [2.75, 3.05) is 5.75 Å². The number of rotatable bonds is 4. The Balaban J connectivity index is 2.01. The standard InChI is InChI=1S/C15H16FNOS/c1-10-3-6-15(17-8-10)19-9-14(18)13-5-4-12(16)7-11(13)2/h3-8,14,18H,9H2,1-2H3. The van der Waals surface area contributed by atoms with Gasteiger partial charge in [0.2, 0.25) is 0 Å². The Morgan fingerprint density at radius 3 is 2.68 bits per heavy atom. The molecule has 0 spiro atoms. The molecule has 0 saturated heterocycles. The van der Waals surface area contributed by atoms with E-state index in [2.05, 4.69) is 4.98 Å². The van der Waals surface area contributed by atoms with Crippen LogP contribution in [0.5, 0.6) is 0 Å². The number of thioether (sulfide) groups is 1. The molecule has 0 bridgehead atoms. The minimum Gasteiger partial charge on any atom is -0.388 e. The van der Waals surface area contributed by atoms with E-state index in [1.54, 1.807) is 19.2 Å². The maximum atomic E-state index is 13.0. The highest BCUT2D eigenvalue weighted by Crippen LogP contribution is 2.25. The zero-order valence-corrected chi connectivity index (χ0v) is 11.7.